The molecule has 0 N–H and O–H groups in total. The first-order valence-corrected chi connectivity index (χ1v) is 5.16. The Morgan fingerprint density at radius 2 is 2.00 bits per heavy atom. The van der Waals surface area contributed by atoms with Crippen LogP contribution < -0.4 is 0 Å². The van der Waals surface area contributed by atoms with Crippen molar-refractivity contribution in [2.24, 2.45) is 4.99 Å². The maximum absolute atomic E-state index is 4.31. The molecule has 0 bridgehead atoms. The first kappa shape index (κ1) is 12.2. The average molecular weight is 182 g/mol. The Bertz CT molecular complexity index is 150. The summed E-state index contributed by atoms with van der Waals surface area (Å²) in [4.78, 5) is 6.28. The maximum atomic E-state index is 4.31. The predicted octanol–water partition coefficient (Wildman–Crippen LogP) is 3.06. The molecule has 13 heavy (non-hydrogen) atoms. The molecule has 76 valence electrons. The molecule has 0 radical (unpaired) electrons. The highest BCUT2D eigenvalue weighted by Crippen LogP contribution is 1.98. The van der Waals surface area contributed by atoms with Crippen LogP contribution in [-0.2, 0) is 0 Å². The lowest BCUT2D eigenvalue weighted by molar-refractivity contribution is 0.663. The molecule has 0 aromatic rings. The minimum Gasteiger partial charge on any atom is -0.343 e. The Morgan fingerprint density at radius 3 is 2.62 bits per heavy atom. The van der Waals surface area contributed by atoms with Crippen molar-refractivity contribution in [2.45, 2.75) is 39.5 Å². The molecule has 0 saturated carbocycles. The summed E-state index contributed by atoms with van der Waals surface area (Å²) in [7, 11) is 2.00. The van der Waals surface area contributed by atoms with Crippen molar-refractivity contribution in [3.05, 3.63) is 12.3 Å². The molecular weight excluding hydrogens is 160 g/mol. The van der Waals surface area contributed by atoms with Gasteiger partial charge in [-0.15, -0.1) is 0 Å². The van der Waals surface area contributed by atoms with E-state index in [1.807, 2.05) is 37.5 Å². The monoisotopic (exact) mass is 182 g/mol. The van der Waals surface area contributed by atoms with Gasteiger partial charge in [-0.1, -0.05) is 32.3 Å². The fourth-order valence-electron chi connectivity index (χ4n) is 1.09. The van der Waals surface area contributed by atoms with Crippen LogP contribution in [0.1, 0.15) is 39.5 Å². The van der Waals surface area contributed by atoms with Crippen molar-refractivity contribution >= 4 is 6.34 Å². The molecule has 0 aliphatic carbocycles. The molecule has 0 unspecified atom stereocenters. The highest BCUT2D eigenvalue weighted by atomic mass is 15.1. The number of hydrogen-bond acceptors (Lipinski definition) is 1. The van der Waals surface area contributed by atoms with Crippen LogP contribution in [0.15, 0.2) is 17.3 Å². The lowest BCUT2D eigenvalue weighted by atomic mass is 10.2. The quantitative estimate of drug-likeness (QED) is 0.335. The summed E-state index contributed by atoms with van der Waals surface area (Å²) in [5.41, 5.74) is 0. The van der Waals surface area contributed by atoms with Crippen molar-refractivity contribution in [3.63, 3.8) is 0 Å². The van der Waals surface area contributed by atoms with Gasteiger partial charge in [0.05, 0.1) is 6.34 Å². The summed E-state index contributed by atoms with van der Waals surface area (Å²) in [6.07, 6.45) is 11.0. The lowest BCUT2D eigenvalue weighted by Crippen LogP contribution is -2.06. The van der Waals surface area contributed by atoms with Gasteiger partial charge in [0, 0.05) is 19.8 Å². The van der Waals surface area contributed by atoms with Crippen molar-refractivity contribution < 1.29 is 0 Å². The molecule has 0 rings (SSSR count). The van der Waals surface area contributed by atoms with Crippen molar-refractivity contribution in [1.29, 1.82) is 0 Å². The normalized spacial score (nSPS) is 11.6. The topological polar surface area (TPSA) is 15.6 Å². The standard InChI is InChI=1S/C11H22N2/c1-4-6-7-8-9-12-11-13(3)10-5-2/h5,10-11H,4,6-9H2,1-3H3/b10-5-,12-11+. The van der Waals surface area contributed by atoms with E-state index in [0.717, 1.165) is 6.54 Å². The van der Waals surface area contributed by atoms with Gasteiger partial charge in [-0.3, -0.25) is 4.99 Å². The summed E-state index contributed by atoms with van der Waals surface area (Å²) in [6.45, 7) is 5.19. The van der Waals surface area contributed by atoms with Crippen LogP contribution >= 0.6 is 0 Å². The SMILES string of the molecule is C/C=C\N(C)/C=N/CCCCCC. The Morgan fingerprint density at radius 1 is 1.23 bits per heavy atom. The molecule has 0 aromatic heterocycles. The van der Waals surface area contributed by atoms with E-state index in [9.17, 15) is 0 Å². The molecule has 0 aromatic carbocycles. The Kier molecular flexibility index (Phi) is 8.73. The third-order valence-corrected chi connectivity index (χ3v) is 1.79. The third-order valence-electron chi connectivity index (χ3n) is 1.79. The summed E-state index contributed by atoms with van der Waals surface area (Å²) < 4.78 is 0. The molecular formula is C11H22N2. The van der Waals surface area contributed by atoms with Crippen LogP contribution in [0.3, 0.4) is 0 Å². The molecule has 2 heteroatoms. The summed E-state index contributed by atoms with van der Waals surface area (Å²) in [5.74, 6) is 0. The van der Waals surface area contributed by atoms with E-state index in [1.165, 1.54) is 25.7 Å². The fourth-order valence-corrected chi connectivity index (χ4v) is 1.09. The van der Waals surface area contributed by atoms with E-state index >= 15 is 0 Å². The predicted molar refractivity (Wildman–Crippen MR) is 60.1 cm³/mol. The number of unbranched alkanes of at least 4 members (excludes halogenated alkanes) is 3. The van der Waals surface area contributed by atoms with E-state index in [1.54, 1.807) is 0 Å². The van der Waals surface area contributed by atoms with Gasteiger partial charge in [0.15, 0.2) is 0 Å². The lowest BCUT2D eigenvalue weighted by Gasteiger charge is -2.04. The van der Waals surface area contributed by atoms with Gasteiger partial charge in [0.1, 0.15) is 0 Å². The summed E-state index contributed by atoms with van der Waals surface area (Å²) >= 11 is 0. The van der Waals surface area contributed by atoms with E-state index in [4.69, 9.17) is 0 Å². The van der Waals surface area contributed by atoms with Gasteiger partial charge >= 0.3 is 0 Å². The van der Waals surface area contributed by atoms with Crippen LogP contribution in [0.5, 0.6) is 0 Å². The first-order valence-electron chi connectivity index (χ1n) is 5.16. The molecule has 0 fully saturated rings. The molecule has 0 spiro atoms. The van der Waals surface area contributed by atoms with Crippen LogP contribution in [-0.4, -0.2) is 24.8 Å². The second-order valence-electron chi connectivity index (χ2n) is 3.23. The van der Waals surface area contributed by atoms with Crippen LogP contribution in [0.2, 0.25) is 0 Å². The van der Waals surface area contributed by atoms with Gasteiger partial charge < -0.3 is 4.90 Å². The zero-order valence-corrected chi connectivity index (χ0v) is 9.16. The number of allylic oxidation sites excluding steroid dienone is 1. The van der Waals surface area contributed by atoms with Gasteiger partial charge in [-0.2, -0.15) is 0 Å². The molecule has 0 aliphatic heterocycles. The Balaban J connectivity index is 3.30. The summed E-state index contributed by atoms with van der Waals surface area (Å²) in [5, 5.41) is 0. The maximum Gasteiger partial charge on any atom is 0.0886 e. The third kappa shape index (κ3) is 9.12. The number of aliphatic imine (C=N–C) groups is 1. The van der Waals surface area contributed by atoms with Crippen molar-refractivity contribution in [2.75, 3.05) is 13.6 Å². The van der Waals surface area contributed by atoms with Crippen molar-refractivity contribution in [3.8, 4) is 0 Å². The van der Waals surface area contributed by atoms with E-state index in [-0.39, 0.29) is 0 Å². The molecule has 0 heterocycles. The number of nitrogens with zero attached hydrogens (tertiary/aromatic N) is 2. The second kappa shape index (κ2) is 9.30. The number of rotatable bonds is 7. The smallest absolute Gasteiger partial charge is 0.0886 e. The Hall–Kier alpha value is -0.790. The minimum atomic E-state index is 0.960. The highest BCUT2D eigenvalue weighted by molar-refractivity contribution is 5.55. The average Bonchev–Trinajstić information content (AvgIpc) is 2.11. The van der Waals surface area contributed by atoms with Gasteiger partial charge in [0.25, 0.3) is 0 Å². The fraction of sp³-hybridized carbons (Fsp3) is 0.727. The van der Waals surface area contributed by atoms with Crippen LogP contribution in [0.25, 0.3) is 0 Å². The van der Waals surface area contributed by atoms with Crippen LogP contribution in [0, 0.1) is 0 Å². The van der Waals surface area contributed by atoms with Gasteiger partial charge in [-0.05, 0) is 13.3 Å². The first-order chi connectivity index (χ1) is 6.31. The summed E-state index contributed by atoms with van der Waals surface area (Å²) in [6, 6.07) is 0. The highest BCUT2D eigenvalue weighted by Gasteiger charge is 1.85. The van der Waals surface area contributed by atoms with Crippen molar-refractivity contribution in [1.82, 2.24) is 4.90 Å². The van der Waals surface area contributed by atoms with E-state index in [0.29, 0.717) is 0 Å². The van der Waals surface area contributed by atoms with Gasteiger partial charge in [-0.25, -0.2) is 0 Å². The molecule has 0 saturated heterocycles. The number of hydrogen-bond donors (Lipinski definition) is 0. The zero-order valence-electron chi connectivity index (χ0n) is 9.16. The zero-order chi connectivity index (χ0) is 9.94. The molecule has 0 amide bonds. The van der Waals surface area contributed by atoms with Crippen LogP contribution in [0.4, 0.5) is 0 Å². The Labute approximate surface area is 82.4 Å². The minimum absolute atomic E-state index is 0.960. The second-order valence-corrected chi connectivity index (χ2v) is 3.23. The van der Waals surface area contributed by atoms with E-state index < -0.39 is 0 Å². The molecule has 2 nitrogen and oxygen atoms in total. The molecule has 0 aliphatic rings. The van der Waals surface area contributed by atoms with Gasteiger partial charge in [0.2, 0.25) is 0 Å². The molecule has 0 atom stereocenters. The largest absolute Gasteiger partial charge is 0.343 e. The van der Waals surface area contributed by atoms with E-state index in [2.05, 4.69) is 11.9 Å².